The minimum atomic E-state index is 0.776. The van der Waals surface area contributed by atoms with Gasteiger partial charge in [0.05, 0.1) is 0 Å². The van der Waals surface area contributed by atoms with E-state index in [-0.39, 0.29) is 0 Å². The molecular formula is C16H19Br. The lowest BCUT2D eigenvalue weighted by molar-refractivity contribution is 0.419. The van der Waals surface area contributed by atoms with Crippen LogP contribution in [-0.4, -0.2) is 0 Å². The van der Waals surface area contributed by atoms with Crippen molar-refractivity contribution in [2.45, 2.75) is 32.1 Å². The number of rotatable bonds is 3. The minimum absolute atomic E-state index is 0.776. The lowest BCUT2D eigenvalue weighted by Crippen LogP contribution is -2.02. The molecule has 0 aromatic heterocycles. The molecule has 1 saturated carbocycles. The van der Waals surface area contributed by atoms with Crippen LogP contribution < -0.4 is 0 Å². The quantitative estimate of drug-likeness (QED) is 0.640. The molecule has 0 atom stereocenters. The van der Waals surface area contributed by atoms with Crippen LogP contribution in [0.15, 0.2) is 47.0 Å². The van der Waals surface area contributed by atoms with Crippen LogP contribution in [0.5, 0.6) is 0 Å². The van der Waals surface area contributed by atoms with Gasteiger partial charge in [-0.25, -0.2) is 0 Å². The molecule has 1 fully saturated rings. The van der Waals surface area contributed by atoms with Crippen molar-refractivity contribution in [2.24, 2.45) is 5.92 Å². The standard InChI is InChI=1S/C16H19Br/c17-16(13-15-9-5-2-6-10-15)12-11-14-7-3-1-4-8-14/h1,3-4,7-8,11-13,15H,2,5-6,9-10H2/b12-11+,16-13-. The summed E-state index contributed by atoms with van der Waals surface area (Å²) in [5.74, 6) is 0.776. The zero-order valence-electron chi connectivity index (χ0n) is 10.1. The summed E-state index contributed by atoms with van der Waals surface area (Å²) >= 11 is 3.65. The van der Waals surface area contributed by atoms with Gasteiger partial charge in [0.1, 0.15) is 0 Å². The molecule has 17 heavy (non-hydrogen) atoms. The Kier molecular flexibility index (Phi) is 5.06. The Balaban J connectivity index is 1.93. The molecule has 0 unspecified atom stereocenters. The second kappa shape index (κ2) is 6.80. The van der Waals surface area contributed by atoms with Crippen molar-refractivity contribution in [2.75, 3.05) is 0 Å². The van der Waals surface area contributed by atoms with E-state index in [0.717, 1.165) is 5.92 Å². The molecule has 0 nitrogen and oxygen atoms in total. The van der Waals surface area contributed by atoms with Gasteiger partial charge in [-0.05, 0) is 30.4 Å². The fraction of sp³-hybridized carbons (Fsp3) is 0.375. The van der Waals surface area contributed by atoms with Gasteiger partial charge >= 0.3 is 0 Å². The van der Waals surface area contributed by atoms with E-state index in [1.807, 2.05) is 6.07 Å². The SMILES string of the molecule is BrC(=C\C1CCCCC1)/C=C/c1ccccc1. The van der Waals surface area contributed by atoms with E-state index < -0.39 is 0 Å². The van der Waals surface area contributed by atoms with E-state index >= 15 is 0 Å². The van der Waals surface area contributed by atoms with Gasteiger partial charge in [0.2, 0.25) is 0 Å². The van der Waals surface area contributed by atoms with Crippen molar-refractivity contribution in [1.82, 2.24) is 0 Å². The summed E-state index contributed by atoms with van der Waals surface area (Å²) in [5.41, 5.74) is 1.25. The second-order valence-corrected chi connectivity index (χ2v) is 5.61. The Hall–Kier alpha value is -0.820. The molecule has 0 bridgehead atoms. The predicted molar refractivity (Wildman–Crippen MR) is 79.1 cm³/mol. The van der Waals surface area contributed by atoms with Gasteiger partial charge in [0, 0.05) is 4.48 Å². The monoisotopic (exact) mass is 290 g/mol. The molecule has 2 rings (SSSR count). The van der Waals surface area contributed by atoms with Gasteiger partial charge in [-0.3, -0.25) is 0 Å². The van der Waals surface area contributed by atoms with E-state index in [0.29, 0.717) is 0 Å². The van der Waals surface area contributed by atoms with Crippen molar-refractivity contribution < 1.29 is 0 Å². The lowest BCUT2D eigenvalue weighted by Gasteiger charge is -2.18. The Labute approximate surface area is 113 Å². The average Bonchev–Trinajstić information content (AvgIpc) is 2.39. The van der Waals surface area contributed by atoms with Gasteiger partial charge in [-0.1, -0.05) is 77.7 Å². The van der Waals surface area contributed by atoms with E-state index in [1.165, 1.54) is 42.1 Å². The molecule has 90 valence electrons. The Morgan fingerprint density at radius 2 is 1.76 bits per heavy atom. The maximum absolute atomic E-state index is 3.65. The maximum atomic E-state index is 3.65. The van der Waals surface area contributed by atoms with Crippen LogP contribution in [0.2, 0.25) is 0 Å². The van der Waals surface area contributed by atoms with Crippen molar-refractivity contribution in [3.05, 3.63) is 52.5 Å². The Morgan fingerprint density at radius 1 is 1.06 bits per heavy atom. The molecule has 0 spiro atoms. The summed E-state index contributed by atoms with van der Waals surface area (Å²) in [6.07, 6.45) is 13.6. The highest BCUT2D eigenvalue weighted by molar-refractivity contribution is 9.11. The molecular weight excluding hydrogens is 272 g/mol. The third-order valence-electron chi connectivity index (χ3n) is 3.28. The van der Waals surface area contributed by atoms with Gasteiger partial charge in [-0.2, -0.15) is 0 Å². The number of hydrogen-bond acceptors (Lipinski definition) is 0. The second-order valence-electron chi connectivity index (χ2n) is 4.69. The van der Waals surface area contributed by atoms with Crippen LogP contribution in [0.1, 0.15) is 37.7 Å². The summed E-state index contributed by atoms with van der Waals surface area (Å²) in [6.45, 7) is 0. The highest BCUT2D eigenvalue weighted by atomic mass is 79.9. The lowest BCUT2D eigenvalue weighted by atomic mass is 9.89. The smallest absolute Gasteiger partial charge is 0.0138 e. The molecule has 0 saturated heterocycles. The Bertz CT molecular complexity index is 383. The summed E-state index contributed by atoms with van der Waals surface area (Å²) in [5, 5.41) is 0. The fourth-order valence-corrected chi connectivity index (χ4v) is 2.83. The van der Waals surface area contributed by atoms with E-state index in [2.05, 4.69) is 58.4 Å². The molecule has 1 aliphatic carbocycles. The average molecular weight is 291 g/mol. The molecule has 1 heteroatoms. The van der Waals surface area contributed by atoms with E-state index in [1.54, 1.807) is 0 Å². The molecule has 0 N–H and O–H groups in total. The van der Waals surface area contributed by atoms with Crippen LogP contribution >= 0.6 is 15.9 Å². The maximum Gasteiger partial charge on any atom is 0.0138 e. The van der Waals surface area contributed by atoms with Crippen LogP contribution in [0, 0.1) is 5.92 Å². The molecule has 0 heterocycles. The number of allylic oxidation sites excluding steroid dienone is 3. The van der Waals surface area contributed by atoms with Gasteiger partial charge < -0.3 is 0 Å². The van der Waals surface area contributed by atoms with Crippen molar-refractivity contribution >= 4 is 22.0 Å². The first-order chi connectivity index (χ1) is 8.34. The van der Waals surface area contributed by atoms with Gasteiger partial charge in [-0.15, -0.1) is 0 Å². The zero-order valence-corrected chi connectivity index (χ0v) is 11.7. The molecule has 1 aromatic rings. The predicted octanol–water partition coefficient (Wildman–Crippen LogP) is 5.56. The first-order valence-corrected chi connectivity index (χ1v) is 7.24. The highest BCUT2D eigenvalue weighted by Gasteiger charge is 2.10. The topological polar surface area (TPSA) is 0 Å². The number of halogens is 1. The summed E-state index contributed by atoms with van der Waals surface area (Å²) in [4.78, 5) is 0. The highest BCUT2D eigenvalue weighted by Crippen LogP contribution is 2.27. The summed E-state index contributed by atoms with van der Waals surface area (Å²) < 4.78 is 1.22. The van der Waals surface area contributed by atoms with Crippen molar-refractivity contribution in [1.29, 1.82) is 0 Å². The van der Waals surface area contributed by atoms with Gasteiger partial charge in [0.25, 0.3) is 0 Å². The van der Waals surface area contributed by atoms with Crippen molar-refractivity contribution in [3.8, 4) is 0 Å². The van der Waals surface area contributed by atoms with Crippen LogP contribution in [0.25, 0.3) is 6.08 Å². The Morgan fingerprint density at radius 3 is 2.47 bits per heavy atom. The van der Waals surface area contributed by atoms with Crippen LogP contribution in [0.3, 0.4) is 0 Å². The molecule has 1 aromatic carbocycles. The minimum Gasteiger partial charge on any atom is -0.0671 e. The molecule has 0 amide bonds. The van der Waals surface area contributed by atoms with Crippen LogP contribution in [0.4, 0.5) is 0 Å². The van der Waals surface area contributed by atoms with Crippen molar-refractivity contribution in [3.63, 3.8) is 0 Å². The van der Waals surface area contributed by atoms with E-state index in [9.17, 15) is 0 Å². The first kappa shape index (κ1) is 12.6. The zero-order chi connectivity index (χ0) is 11.9. The van der Waals surface area contributed by atoms with Crippen LogP contribution in [-0.2, 0) is 0 Å². The largest absolute Gasteiger partial charge is 0.0671 e. The fourth-order valence-electron chi connectivity index (χ4n) is 2.32. The first-order valence-electron chi connectivity index (χ1n) is 6.45. The molecule has 0 radical (unpaired) electrons. The number of hydrogen-bond donors (Lipinski definition) is 0. The third-order valence-corrected chi connectivity index (χ3v) is 3.81. The third kappa shape index (κ3) is 4.51. The number of benzene rings is 1. The molecule has 1 aliphatic rings. The molecule has 0 aliphatic heterocycles. The van der Waals surface area contributed by atoms with E-state index in [4.69, 9.17) is 0 Å². The summed E-state index contributed by atoms with van der Waals surface area (Å²) in [7, 11) is 0. The van der Waals surface area contributed by atoms with Gasteiger partial charge in [0.15, 0.2) is 0 Å². The summed E-state index contributed by atoms with van der Waals surface area (Å²) in [6, 6.07) is 10.4. The normalized spacial score (nSPS) is 18.8.